The molecule has 0 aromatic carbocycles. The zero-order valence-corrected chi connectivity index (χ0v) is 19.1. The zero-order valence-electron chi connectivity index (χ0n) is 18.3. The van der Waals surface area contributed by atoms with E-state index in [1.807, 2.05) is 32.4 Å². The highest BCUT2D eigenvalue weighted by Gasteiger charge is 2.46. The lowest BCUT2D eigenvalue weighted by molar-refractivity contribution is -0.233. The summed E-state index contributed by atoms with van der Waals surface area (Å²) < 4.78 is 17.1. The number of aromatic nitrogens is 2. The number of aliphatic hydroxyl groups is 3. The van der Waals surface area contributed by atoms with Crippen molar-refractivity contribution in [3.8, 4) is 0 Å². The van der Waals surface area contributed by atoms with Crippen LogP contribution in [0.2, 0.25) is 0 Å². The lowest BCUT2D eigenvalue weighted by Gasteiger charge is -2.40. The smallest absolute Gasteiger partial charge is 0.438 e. The first-order valence-corrected chi connectivity index (χ1v) is 11.0. The van der Waals surface area contributed by atoms with Gasteiger partial charge in [-0.25, -0.2) is 4.79 Å². The Morgan fingerprint density at radius 2 is 1.97 bits per heavy atom. The molecule has 1 aliphatic heterocycles. The van der Waals surface area contributed by atoms with Crippen molar-refractivity contribution in [3.05, 3.63) is 38.8 Å². The molecule has 5 atom stereocenters. The van der Waals surface area contributed by atoms with Crippen LogP contribution in [0, 0.1) is 13.8 Å². The van der Waals surface area contributed by atoms with Crippen molar-refractivity contribution < 1.29 is 34.3 Å². The maximum atomic E-state index is 11.3. The summed E-state index contributed by atoms with van der Waals surface area (Å²) in [6, 6.07) is 2.18. The van der Waals surface area contributed by atoms with E-state index in [0.717, 1.165) is 16.1 Å². The summed E-state index contributed by atoms with van der Waals surface area (Å²) in [6.45, 7) is 7.67. The molecule has 0 radical (unpaired) electrons. The summed E-state index contributed by atoms with van der Waals surface area (Å²) in [6.07, 6.45) is -6.71. The third-order valence-corrected chi connectivity index (χ3v) is 6.50. The second kappa shape index (κ2) is 9.66. The molecule has 3 rings (SSSR count). The van der Waals surface area contributed by atoms with Crippen LogP contribution < -0.4 is 0 Å². The Kier molecular flexibility index (Phi) is 7.38. The average molecular weight is 455 g/mol. The van der Waals surface area contributed by atoms with Crippen LogP contribution in [-0.2, 0) is 20.6 Å². The normalized spacial score (nSPS) is 26.3. The minimum absolute atomic E-state index is 0.0762. The van der Waals surface area contributed by atoms with Crippen molar-refractivity contribution in [1.29, 1.82) is 0 Å². The first kappa shape index (κ1) is 23.7. The number of carbonyl (C=O) groups excluding carboxylic acids is 1. The van der Waals surface area contributed by atoms with Crippen molar-refractivity contribution in [2.24, 2.45) is 0 Å². The van der Waals surface area contributed by atoms with E-state index >= 15 is 0 Å². The van der Waals surface area contributed by atoms with Crippen LogP contribution in [0.15, 0.2) is 11.4 Å². The Labute approximate surface area is 185 Å². The molecule has 0 spiro atoms. The Balaban J connectivity index is 1.96. The molecule has 0 unspecified atom stereocenters. The van der Waals surface area contributed by atoms with Crippen LogP contribution in [0.5, 0.6) is 0 Å². The molecule has 1 saturated heterocycles. The minimum Gasteiger partial charge on any atom is -0.438 e. The SMILES string of the molecule is COC(=O)OC[C@H]1O[C@@H](c2nn(C(C)C)c(C)c2Cc2cc(C)cs2)[C@H](O)[C@@H](O)[C@@H]1O. The molecule has 1 aliphatic rings. The molecule has 2 aromatic rings. The lowest BCUT2D eigenvalue weighted by atomic mass is 9.91. The van der Waals surface area contributed by atoms with E-state index in [0.29, 0.717) is 12.1 Å². The fourth-order valence-electron chi connectivity index (χ4n) is 3.81. The Morgan fingerprint density at radius 3 is 2.55 bits per heavy atom. The van der Waals surface area contributed by atoms with Gasteiger partial charge in [0.15, 0.2) is 0 Å². The number of ether oxygens (including phenoxy) is 3. The second-order valence-corrected chi connectivity index (χ2v) is 9.08. The number of nitrogens with zero attached hydrogens (tertiary/aromatic N) is 2. The highest BCUT2D eigenvalue weighted by molar-refractivity contribution is 7.10. The fourth-order valence-corrected chi connectivity index (χ4v) is 4.69. The van der Waals surface area contributed by atoms with Crippen molar-refractivity contribution in [2.75, 3.05) is 13.7 Å². The molecule has 0 amide bonds. The molecular formula is C21H30N2O7S. The summed E-state index contributed by atoms with van der Waals surface area (Å²) in [4.78, 5) is 12.5. The van der Waals surface area contributed by atoms with Crippen molar-refractivity contribution in [2.45, 2.75) is 70.7 Å². The molecule has 9 nitrogen and oxygen atoms in total. The first-order valence-electron chi connectivity index (χ1n) is 10.2. The molecule has 2 aromatic heterocycles. The van der Waals surface area contributed by atoms with Gasteiger partial charge in [-0.1, -0.05) is 0 Å². The predicted molar refractivity (Wildman–Crippen MR) is 113 cm³/mol. The molecule has 3 N–H and O–H groups in total. The van der Waals surface area contributed by atoms with Gasteiger partial charge >= 0.3 is 6.16 Å². The summed E-state index contributed by atoms with van der Waals surface area (Å²) in [5.74, 6) is 0. The number of methoxy groups -OCH3 is 1. The molecule has 0 aliphatic carbocycles. The van der Waals surface area contributed by atoms with Gasteiger partial charge in [0.25, 0.3) is 0 Å². The molecule has 3 heterocycles. The predicted octanol–water partition coefficient (Wildman–Crippen LogP) is 2.04. The Bertz CT molecular complexity index is 910. The Morgan fingerprint density at radius 1 is 1.26 bits per heavy atom. The molecule has 10 heteroatoms. The quantitative estimate of drug-likeness (QED) is 0.567. The number of thiophene rings is 1. The number of aryl methyl sites for hydroxylation is 1. The van der Waals surface area contributed by atoms with Gasteiger partial charge in [0.1, 0.15) is 37.1 Å². The molecular weight excluding hydrogens is 424 g/mol. The summed E-state index contributed by atoms with van der Waals surface area (Å²) in [7, 11) is 1.17. The Hall–Kier alpha value is -1.98. The second-order valence-electron chi connectivity index (χ2n) is 8.09. The molecule has 1 fully saturated rings. The standard InChI is InChI=1S/C21H30N2O7S/c1-10(2)23-12(4)14(7-13-6-11(3)9-31-13)16(22-23)20-19(26)18(25)17(24)15(30-20)8-29-21(27)28-5/h6,9-10,15,17-20,24-26H,7-8H2,1-5H3/t15-,17-,18+,19-,20+/m1/s1. The number of aliphatic hydroxyl groups excluding tert-OH is 3. The summed E-state index contributed by atoms with van der Waals surface area (Å²) in [5.41, 5.74) is 3.51. The van der Waals surface area contributed by atoms with Crippen LogP contribution in [0.1, 0.15) is 53.4 Å². The largest absolute Gasteiger partial charge is 0.508 e. The maximum absolute atomic E-state index is 11.3. The van der Waals surface area contributed by atoms with Crippen LogP contribution in [0.4, 0.5) is 4.79 Å². The van der Waals surface area contributed by atoms with E-state index in [-0.39, 0.29) is 12.6 Å². The van der Waals surface area contributed by atoms with Crippen LogP contribution in [0.3, 0.4) is 0 Å². The first-order chi connectivity index (χ1) is 14.6. The molecule has 0 saturated carbocycles. The molecule has 31 heavy (non-hydrogen) atoms. The minimum atomic E-state index is -1.49. The van der Waals surface area contributed by atoms with Crippen molar-refractivity contribution >= 4 is 17.5 Å². The number of carbonyl (C=O) groups is 1. The highest BCUT2D eigenvalue weighted by atomic mass is 32.1. The van der Waals surface area contributed by atoms with Gasteiger partial charge in [0.05, 0.1) is 12.8 Å². The van der Waals surface area contributed by atoms with Crippen molar-refractivity contribution in [1.82, 2.24) is 9.78 Å². The van der Waals surface area contributed by atoms with Crippen molar-refractivity contribution in [3.63, 3.8) is 0 Å². The topological polar surface area (TPSA) is 123 Å². The lowest BCUT2D eigenvalue weighted by Crippen LogP contribution is -2.55. The third kappa shape index (κ3) is 4.93. The van der Waals surface area contributed by atoms with E-state index in [1.165, 1.54) is 12.7 Å². The number of hydrogen-bond acceptors (Lipinski definition) is 9. The maximum Gasteiger partial charge on any atom is 0.508 e. The average Bonchev–Trinajstić information content (AvgIpc) is 3.29. The number of rotatable bonds is 6. The van der Waals surface area contributed by atoms with Crippen LogP contribution >= 0.6 is 11.3 Å². The van der Waals surface area contributed by atoms with E-state index in [9.17, 15) is 20.1 Å². The third-order valence-electron chi connectivity index (χ3n) is 5.44. The van der Waals surface area contributed by atoms with Gasteiger partial charge in [0, 0.05) is 28.6 Å². The fraction of sp³-hybridized carbons (Fsp3) is 0.619. The van der Waals surface area contributed by atoms with Gasteiger partial charge < -0.3 is 29.5 Å². The van der Waals surface area contributed by atoms with E-state index in [2.05, 4.69) is 16.2 Å². The highest BCUT2D eigenvalue weighted by Crippen LogP contribution is 2.36. The van der Waals surface area contributed by atoms with Crippen LogP contribution in [0.25, 0.3) is 0 Å². The van der Waals surface area contributed by atoms with E-state index in [4.69, 9.17) is 14.6 Å². The van der Waals surface area contributed by atoms with Gasteiger partial charge in [-0.3, -0.25) is 4.68 Å². The van der Waals surface area contributed by atoms with Gasteiger partial charge in [-0.05, 0) is 44.7 Å². The van der Waals surface area contributed by atoms with E-state index < -0.39 is 36.7 Å². The number of hydrogen-bond donors (Lipinski definition) is 3. The molecule has 0 bridgehead atoms. The van der Waals surface area contributed by atoms with Crippen LogP contribution in [-0.4, -0.2) is 69.4 Å². The summed E-state index contributed by atoms with van der Waals surface area (Å²) >= 11 is 1.64. The zero-order chi connectivity index (χ0) is 22.9. The summed E-state index contributed by atoms with van der Waals surface area (Å²) in [5, 5.41) is 38.3. The van der Waals surface area contributed by atoms with E-state index in [1.54, 1.807) is 11.3 Å². The monoisotopic (exact) mass is 454 g/mol. The van der Waals surface area contributed by atoms with Gasteiger partial charge in [-0.2, -0.15) is 5.10 Å². The van der Waals surface area contributed by atoms with Gasteiger partial charge in [0.2, 0.25) is 0 Å². The van der Waals surface area contributed by atoms with Gasteiger partial charge in [-0.15, -0.1) is 11.3 Å². The molecule has 172 valence electrons.